The van der Waals surface area contributed by atoms with E-state index in [1.165, 1.54) is 11.9 Å². The number of carbonyl (C=O) groups excluding carboxylic acids is 3. The van der Waals surface area contributed by atoms with Gasteiger partial charge in [0, 0.05) is 13.6 Å². The van der Waals surface area contributed by atoms with Gasteiger partial charge in [-0.15, -0.1) is 0 Å². The van der Waals surface area contributed by atoms with E-state index in [9.17, 15) is 19.5 Å². The fraction of sp³-hybridized carbons (Fsp3) is 0.750. The van der Waals surface area contributed by atoms with E-state index >= 15 is 0 Å². The Morgan fingerprint density at radius 1 is 1.37 bits per heavy atom. The Balaban J connectivity index is 2.48. The molecule has 0 atom stereocenters. The molecule has 0 aromatic rings. The van der Waals surface area contributed by atoms with Gasteiger partial charge in [-0.1, -0.05) is 13.8 Å². The molecule has 1 heterocycles. The average Bonchev–Trinajstić information content (AvgIpc) is 2.63. The lowest BCUT2D eigenvalue weighted by atomic mass is 9.98. The van der Waals surface area contributed by atoms with E-state index < -0.39 is 17.5 Å². The van der Waals surface area contributed by atoms with Gasteiger partial charge in [0.15, 0.2) is 0 Å². The Hall–Kier alpha value is -1.63. The second kappa shape index (κ2) is 6.01. The van der Waals surface area contributed by atoms with Crippen LogP contribution in [0.5, 0.6) is 0 Å². The highest BCUT2D eigenvalue weighted by atomic mass is 16.3. The van der Waals surface area contributed by atoms with E-state index in [1.54, 1.807) is 0 Å². The predicted octanol–water partition coefficient (Wildman–Crippen LogP) is -0.452. The van der Waals surface area contributed by atoms with Crippen LogP contribution >= 0.6 is 0 Å². The SMILES string of the molecule is CCC(O)(CC)CNC(=O)CN1C(=O)CN(C)C1=O. The minimum atomic E-state index is -0.939. The standard InChI is InChI=1S/C12H21N3O4/c1-4-12(19,5-2)8-13-9(16)6-15-10(17)7-14(3)11(15)18/h19H,4-8H2,1-3H3,(H,13,16). The zero-order valence-electron chi connectivity index (χ0n) is 11.6. The zero-order valence-corrected chi connectivity index (χ0v) is 11.6. The molecule has 1 fully saturated rings. The Morgan fingerprint density at radius 3 is 2.37 bits per heavy atom. The average molecular weight is 271 g/mol. The number of carbonyl (C=O) groups is 3. The summed E-state index contributed by atoms with van der Waals surface area (Å²) in [5.74, 6) is -0.832. The first-order valence-corrected chi connectivity index (χ1v) is 6.37. The van der Waals surface area contributed by atoms with Crippen molar-refractivity contribution in [3.05, 3.63) is 0 Å². The summed E-state index contributed by atoms with van der Waals surface area (Å²) in [6.45, 7) is 3.48. The number of nitrogens with one attached hydrogen (secondary N) is 1. The minimum Gasteiger partial charge on any atom is -0.388 e. The van der Waals surface area contributed by atoms with Gasteiger partial charge in [-0.05, 0) is 12.8 Å². The van der Waals surface area contributed by atoms with Crippen LogP contribution in [0, 0.1) is 0 Å². The van der Waals surface area contributed by atoms with E-state index in [2.05, 4.69) is 5.32 Å². The van der Waals surface area contributed by atoms with Crippen LogP contribution in [0.4, 0.5) is 4.79 Å². The molecule has 0 aromatic heterocycles. The molecule has 108 valence electrons. The molecule has 7 heteroatoms. The maximum Gasteiger partial charge on any atom is 0.327 e. The number of urea groups is 1. The van der Waals surface area contributed by atoms with Crippen molar-refractivity contribution in [2.45, 2.75) is 32.3 Å². The number of aliphatic hydroxyl groups is 1. The van der Waals surface area contributed by atoms with Gasteiger partial charge in [-0.3, -0.25) is 14.5 Å². The van der Waals surface area contributed by atoms with Crippen molar-refractivity contribution in [3.8, 4) is 0 Å². The Kier molecular flexibility index (Phi) is 4.88. The normalized spacial score (nSPS) is 16.2. The van der Waals surface area contributed by atoms with Crippen molar-refractivity contribution in [2.24, 2.45) is 0 Å². The summed E-state index contributed by atoms with van der Waals surface area (Å²) in [4.78, 5) is 36.9. The fourth-order valence-corrected chi connectivity index (χ4v) is 1.79. The van der Waals surface area contributed by atoms with Crippen molar-refractivity contribution in [2.75, 3.05) is 26.7 Å². The first-order chi connectivity index (χ1) is 8.83. The van der Waals surface area contributed by atoms with Gasteiger partial charge in [0.25, 0.3) is 5.91 Å². The Bertz CT molecular complexity index is 379. The smallest absolute Gasteiger partial charge is 0.327 e. The quantitative estimate of drug-likeness (QED) is 0.640. The van der Waals surface area contributed by atoms with Crippen molar-refractivity contribution in [1.82, 2.24) is 15.1 Å². The van der Waals surface area contributed by atoms with Gasteiger partial charge in [0.05, 0.1) is 5.60 Å². The number of hydrogen-bond donors (Lipinski definition) is 2. The molecule has 2 N–H and O–H groups in total. The number of likely N-dealkylation sites (N-methyl/N-ethyl adjacent to an activating group) is 1. The van der Waals surface area contributed by atoms with E-state index in [1.807, 2.05) is 13.8 Å². The molecule has 1 aliphatic heterocycles. The summed E-state index contributed by atoms with van der Waals surface area (Å²) in [5.41, 5.74) is -0.939. The second-order valence-electron chi connectivity index (χ2n) is 4.83. The van der Waals surface area contributed by atoms with E-state index in [-0.39, 0.29) is 25.5 Å². The molecule has 19 heavy (non-hydrogen) atoms. The third kappa shape index (κ3) is 3.66. The number of rotatable bonds is 6. The van der Waals surface area contributed by atoms with Crippen LogP contribution in [0.1, 0.15) is 26.7 Å². The van der Waals surface area contributed by atoms with Gasteiger partial charge < -0.3 is 15.3 Å². The van der Waals surface area contributed by atoms with Crippen LogP contribution in [-0.2, 0) is 9.59 Å². The largest absolute Gasteiger partial charge is 0.388 e. The molecule has 0 unspecified atom stereocenters. The van der Waals surface area contributed by atoms with Crippen LogP contribution in [0.2, 0.25) is 0 Å². The van der Waals surface area contributed by atoms with Crippen LogP contribution in [0.3, 0.4) is 0 Å². The van der Waals surface area contributed by atoms with Crippen molar-refractivity contribution in [1.29, 1.82) is 0 Å². The summed E-state index contributed by atoms with van der Waals surface area (Å²) in [6, 6.07) is -0.471. The maximum atomic E-state index is 11.7. The fourth-order valence-electron chi connectivity index (χ4n) is 1.79. The Morgan fingerprint density at radius 2 is 1.95 bits per heavy atom. The van der Waals surface area contributed by atoms with Crippen LogP contribution < -0.4 is 5.32 Å². The van der Waals surface area contributed by atoms with Crippen molar-refractivity contribution >= 4 is 17.8 Å². The van der Waals surface area contributed by atoms with Gasteiger partial charge in [0.2, 0.25) is 5.91 Å². The summed E-state index contributed by atoms with van der Waals surface area (Å²) in [5, 5.41) is 12.6. The maximum absolute atomic E-state index is 11.7. The lowest BCUT2D eigenvalue weighted by molar-refractivity contribution is -0.131. The summed E-state index contributed by atoms with van der Waals surface area (Å²) >= 11 is 0. The monoisotopic (exact) mass is 271 g/mol. The highest BCUT2D eigenvalue weighted by Crippen LogP contribution is 2.13. The second-order valence-corrected chi connectivity index (χ2v) is 4.83. The highest BCUT2D eigenvalue weighted by Gasteiger charge is 2.35. The highest BCUT2D eigenvalue weighted by molar-refractivity contribution is 6.04. The molecule has 0 aliphatic carbocycles. The third-order valence-corrected chi connectivity index (χ3v) is 3.46. The summed E-state index contributed by atoms with van der Waals surface area (Å²) < 4.78 is 0. The van der Waals surface area contributed by atoms with E-state index in [0.717, 1.165) is 4.90 Å². The van der Waals surface area contributed by atoms with E-state index in [0.29, 0.717) is 12.8 Å². The molecular formula is C12H21N3O4. The molecule has 0 spiro atoms. The number of hydrogen-bond acceptors (Lipinski definition) is 4. The van der Waals surface area contributed by atoms with Gasteiger partial charge >= 0.3 is 6.03 Å². The lowest BCUT2D eigenvalue weighted by Crippen LogP contribution is -2.46. The van der Waals surface area contributed by atoms with Crippen LogP contribution in [0.25, 0.3) is 0 Å². The molecule has 0 bridgehead atoms. The molecule has 7 nitrogen and oxygen atoms in total. The molecule has 0 saturated carbocycles. The molecule has 0 radical (unpaired) electrons. The van der Waals surface area contributed by atoms with Gasteiger partial charge in [0.1, 0.15) is 13.1 Å². The zero-order chi connectivity index (χ0) is 14.6. The molecule has 4 amide bonds. The summed E-state index contributed by atoms with van der Waals surface area (Å²) in [6.07, 6.45) is 1.04. The van der Waals surface area contributed by atoms with Crippen LogP contribution in [0.15, 0.2) is 0 Å². The predicted molar refractivity (Wildman–Crippen MR) is 68.3 cm³/mol. The number of nitrogens with zero attached hydrogens (tertiary/aromatic N) is 2. The van der Waals surface area contributed by atoms with Crippen molar-refractivity contribution in [3.63, 3.8) is 0 Å². The Labute approximate surface area is 112 Å². The number of imide groups is 1. The van der Waals surface area contributed by atoms with Crippen LogP contribution in [-0.4, -0.2) is 65.0 Å². The first-order valence-electron chi connectivity index (χ1n) is 6.37. The van der Waals surface area contributed by atoms with Gasteiger partial charge in [-0.2, -0.15) is 0 Å². The topological polar surface area (TPSA) is 89.9 Å². The van der Waals surface area contributed by atoms with Gasteiger partial charge in [-0.25, -0.2) is 4.79 Å². The first kappa shape index (κ1) is 15.4. The van der Waals surface area contributed by atoms with Crippen molar-refractivity contribution < 1.29 is 19.5 Å². The molecule has 1 saturated heterocycles. The molecule has 0 aromatic carbocycles. The molecule has 1 rings (SSSR count). The molecular weight excluding hydrogens is 250 g/mol. The third-order valence-electron chi connectivity index (χ3n) is 3.46. The van der Waals surface area contributed by atoms with E-state index in [4.69, 9.17) is 0 Å². The number of amides is 4. The lowest BCUT2D eigenvalue weighted by Gasteiger charge is -2.25. The molecule has 1 aliphatic rings. The minimum absolute atomic E-state index is 0.0000289. The summed E-state index contributed by atoms with van der Waals surface area (Å²) in [7, 11) is 1.51.